The Balaban J connectivity index is 3.42. The summed E-state index contributed by atoms with van der Waals surface area (Å²) >= 11 is 0. The van der Waals surface area contributed by atoms with Crippen molar-refractivity contribution in [3.05, 3.63) is 0 Å². The number of nitrogens with one attached hydrogen (secondary N) is 2. The van der Waals surface area contributed by atoms with E-state index in [9.17, 15) is 9.59 Å². The fourth-order valence-corrected chi connectivity index (χ4v) is 1.43. The van der Waals surface area contributed by atoms with Gasteiger partial charge in [-0.2, -0.15) is 0 Å². The van der Waals surface area contributed by atoms with Gasteiger partial charge in [-0.1, -0.05) is 13.3 Å². The first-order chi connectivity index (χ1) is 8.10. The van der Waals surface area contributed by atoms with E-state index in [1.165, 1.54) is 6.92 Å². The van der Waals surface area contributed by atoms with E-state index in [1.807, 2.05) is 6.92 Å². The lowest BCUT2D eigenvalue weighted by atomic mass is 10.1. The van der Waals surface area contributed by atoms with E-state index < -0.39 is 0 Å². The summed E-state index contributed by atoms with van der Waals surface area (Å²) < 4.78 is 0. The normalized spacial score (nSPS) is 11.9. The van der Waals surface area contributed by atoms with E-state index in [-0.39, 0.29) is 24.5 Å². The summed E-state index contributed by atoms with van der Waals surface area (Å²) in [5, 5.41) is 14.4. The predicted molar refractivity (Wildman–Crippen MR) is 66.5 cm³/mol. The minimum absolute atomic E-state index is 0.00886. The second-order valence-corrected chi connectivity index (χ2v) is 4.15. The molecule has 0 rings (SSSR count). The van der Waals surface area contributed by atoms with Gasteiger partial charge in [0.25, 0.3) is 0 Å². The number of hydrogen-bond donors (Lipinski definition) is 3. The summed E-state index contributed by atoms with van der Waals surface area (Å²) in [6, 6.07) is -0.123. The fraction of sp³-hybridized carbons (Fsp3) is 0.833. The molecule has 0 saturated carbocycles. The van der Waals surface area contributed by atoms with Gasteiger partial charge < -0.3 is 15.7 Å². The molecule has 2 amide bonds. The van der Waals surface area contributed by atoms with Crippen molar-refractivity contribution in [2.24, 2.45) is 0 Å². The Hall–Kier alpha value is -1.10. The van der Waals surface area contributed by atoms with Crippen LogP contribution in [-0.4, -0.2) is 36.1 Å². The van der Waals surface area contributed by atoms with Crippen LogP contribution < -0.4 is 10.6 Å². The van der Waals surface area contributed by atoms with Gasteiger partial charge in [-0.15, -0.1) is 0 Å². The molecule has 0 aromatic rings. The zero-order valence-electron chi connectivity index (χ0n) is 10.8. The van der Waals surface area contributed by atoms with E-state index in [1.54, 1.807) is 0 Å². The van der Waals surface area contributed by atoms with E-state index in [0.717, 1.165) is 25.7 Å². The van der Waals surface area contributed by atoms with Gasteiger partial charge in [-0.05, 0) is 19.3 Å². The van der Waals surface area contributed by atoms with Crippen molar-refractivity contribution in [1.29, 1.82) is 0 Å². The lowest BCUT2D eigenvalue weighted by molar-refractivity contribution is -0.122. The number of carbonyl (C=O) groups is 2. The van der Waals surface area contributed by atoms with Crippen molar-refractivity contribution in [2.75, 3.05) is 13.2 Å². The number of hydrogen-bond acceptors (Lipinski definition) is 3. The lowest BCUT2D eigenvalue weighted by Gasteiger charge is -2.13. The molecule has 0 bridgehead atoms. The molecule has 0 fully saturated rings. The van der Waals surface area contributed by atoms with Crippen molar-refractivity contribution < 1.29 is 14.7 Å². The smallest absolute Gasteiger partial charge is 0.220 e. The first-order valence-electron chi connectivity index (χ1n) is 6.24. The fourth-order valence-electron chi connectivity index (χ4n) is 1.43. The highest BCUT2D eigenvalue weighted by atomic mass is 16.3. The molecule has 0 aromatic heterocycles. The van der Waals surface area contributed by atoms with E-state index in [2.05, 4.69) is 10.6 Å². The average molecular weight is 244 g/mol. The molecule has 1 atom stereocenters. The van der Waals surface area contributed by atoms with Crippen LogP contribution in [0.1, 0.15) is 46.0 Å². The van der Waals surface area contributed by atoms with Gasteiger partial charge in [0.05, 0.1) is 12.6 Å². The van der Waals surface area contributed by atoms with Crippen LogP contribution in [0.15, 0.2) is 0 Å². The summed E-state index contributed by atoms with van der Waals surface area (Å²) in [5.41, 5.74) is 0. The van der Waals surface area contributed by atoms with E-state index in [4.69, 9.17) is 5.11 Å². The van der Waals surface area contributed by atoms with Crippen LogP contribution >= 0.6 is 0 Å². The van der Waals surface area contributed by atoms with Crippen LogP contribution in [0, 0.1) is 0 Å². The molecule has 5 heteroatoms. The van der Waals surface area contributed by atoms with Gasteiger partial charge in [0.1, 0.15) is 0 Å². The topological polar surface area (TPSA) is 78.4 Å². The maximum absolute atomic E-state index is 11.4. The molecule has 0 aromatic carbocycles. The molecule has 0 radical (unpaired) electrons. The van der Waals surface area contributed by atoms with Crippen molar-refractivity contribution in [1.82, 2.24) is 10.6 Å². The Labute approximate surface area is 103 Å². The maximum atomic E-state index is 11.4. The molecule has 17 heavy (non-hydrogen) atoms. The Bertz CT molecular complexity index is 228. The molecule has 0 spiro atoms. The summed E-state index contributed by atoms with van der Waals surface area (Å²) in [7, 11) is 0. The highest BCUT2D eigenvalue weighted by Crippen LogP contribution is 2.00. The standard InChI is InChI=1S/C12H24N2O3/c1-3-11(9-15)14-12(17)7-5-4-6-8-13-10(2)16/h11,15H,3-9H2,1-2H3,(H,13,16)(H,14,17)/t11-/m0/s1. The van der Waals surface area contributed by atoms with E-state index in [0.29, 0.717) is 13.0 Å². The Kier molecular flexibility index (Phi) is 9.43. The monoisotopic (exact) mass is 244 g/mol. The molecule has 0 unspecified atom stereocenters. The molecule has 0 aliphatic rings. The molecular weight excluding hydrogens is 220 g/mol. The van der Waals surface area contributed by atoms with E-state index >= 15 is 0 Å². The van der Waals surface area contributed by atoms with Crippen LogP contribution in [-0.2, 0) is 9.59 Å². The summed E-state index contributed by atoms with van der Waals surface area (Å²) in [4.78, 5) is 22.0. The number of unbranched alkanes of at least 4 members (excludes halogenated alkanes) is 2. The highest BCUT2D eigenvalue weighted by molar-refractivity contribution is 5.76. The molecule has 5 nitrogen and oxygen atoms in total. The van der Waals surface area contributed by atoms with Crippen molar-refractivity contribution >= 4 is 11.8 Å². The number of aliphatic hydroxyl groups excluding tert-OH is 1. The molecule has 100 valence electrons. The molecule has 0 aliphatic carbocycles. The van der Waals surface area contributed by atoms with Crippen LogP contribution in [0.3, 0.4) is 0 Å². The minimum Gasteiger partial charge on any atom is -0.394 e. The largest absolute Gasteiger partial charge is 0.394 e. The maximum Gasteiger partial charge on any atom is 0.220 e. The third-order valence-corrected chi connectivity index (χ3v) is 2.53. The van der Waals surface area contributed by atoms with Crippen molar-refractivity contribution in [3.63, 3.8) is 0 Å². The van der Waals surface area contributed by atoms with Crippen LogP contribution in [0.25, 0.3) is 0 Å². The van der Waals surface area contributed by atoms with Gasteiger partial charge >= 0.3 is 0 Å². The summed E-state index contributed by atoms with van der Waals surface area (Å²) in [6.45, 7) is 4.08. The van der Waals surface area contributed by atoms with Crippen LogP contribution in [0.2, 0.25) is 0 Å². The average Bonchev–Trinajstić information content (AvgIpc) is 2.30. The Morgan fingerprint density at radius 1 is 1.24 bits per heavy atom. The number of carbonyl (C=O) groups excluding carboxylic acids is 2. The van der Waals surface area contributed by atoms with Gasteiger partial charge in [0.15, 0.2) is 0 Å². The van der Waals surface area contributed by atoms with Gasteiger partial charge in [-0.3, -0.25) is 9.59 Å². The summed E-state index contributed by atoms with van der Waals surface area (Å²) in [6.07, 6.45) is 3.85. The Morgan fingerprint density at radius 2 is 1.94 bits per heavy atom. The van der Waals surface area contributed by atoms with Crippen molar-refractivity contribution in [2.45, 2.75) is 52.0 Å². The zero-order chi connectivity index (χ0) is 13.1. The van der Waals surface area contributed by atoms with Crippen molar-refractivity contribution in [3.8, 4) is 0 Å². The minimum atomic E-state index is -0.123. The zero-order valence-corrected chi connectivity index (χ0v) is 10.8. The molecule has 0 heterocycles. The van der Waals surface area contributed by atoms with Crippen LogP contribution in [0.5, 0.6) is 0 Å². The molecule has 3 N–H and O–H groups in total. The first kappa shape index (κ1) is 15.9. The highest BCUT2D eigenvalue weighted by Gasteiger charge is 2.08. The second-order valence-electron chi connectivity index (χ2n) is 4.15. The second kappa shape index (κ2) is 10.1. The van der Waals surface area contributed by atoms with Crippen LogP contribution in [0.4, 0.5) is 0 Å². The lowest BCUT2D eigenvalue weighted by Crippen LogP contribution is -2.36. The Morgan fingerprint density at radius 3 is 2.47 bits per heavy atom. The SMILES string of the molecule is CC[C@@H](CO)NC(=O)CCCCCNC(C)=O. The number of rotatable bonds is 9. The summed E-state index contributed by atoms with van der Waals surface area (Å²) in [5.74, 6) is -0.0260. The number of aliphatic hydroxyl groups is 1. The molecule has 0 aliphatic heterocycles. The van der Waals surface area contributed by atoms with Gasteiger partial charge in [0, 0.05) is 19.9 Å². The molecule has 0 saturated heterocycles. The number of amides is 2. The van der Waals surface area contributed by atoms with Gasteiger partial charge in [-0.25, -0.2) is 0 Å². The first-order valence-corrected chi connectivity index (χ1v) is 6.24. The quantitative estimate of drug-likeness (QED) is 0.519. The van der Waals surface area contributed by atoms with Gasteiger partial charge in [0.2, 0.25) is 11.8 Å². The predicted octanol–water partition coefficient (Wildman–Crippen LogP) is 0.570. The molecular formula is C12H24N2O3. The third kappa shape index (κ3) is 9.81. The third-order valence-electron chi connectivity index (χ3n) is 2.53.